The molecule has 0 atom stereocenters. The molecule has 1 aliphatic heterocycles. The SMILES string of the molecule is Clc1nccc(NC2=CCN=C2)n1. The van der Waals surface area contributed by atoms with E-state index in [0.717, 1.165) is 12.2 Å². The summed E-state index contributed by atoms with van der Waals surface area (Å²) in [5.74, 6) is 0.680. The lowest BCUT2D eigenvalue weighted by molar-refractivity contribution is 1.16. The number of aliphatic imine (C=N–C) groups is 1. The van der Waals surface area contributed by atoms with E-state index in [1.54, 1.807) is 18.5 Å². The molecule has 1 N–H and O–H groups in total. The number of hydrogen-bond acceptors (Lipinski definition) is 4. The van der Waals surface area contributed by atoms with Crippen LogP contribution in [0.3, 0.4) is 0 Å². The second-order valence-corrected chi connectivity index (χ2v) is 2.83. The first-order chi connectivity index (χ1) is 6.34. The van der Waals surface area contributed by atoms with Gasteiger partial charge in [-0.05, 0) is 23.7 Å². The first-order valence-electron chi connectivity index (χ1n) is 3.80. The topological polar surface area (TPSA) is 50.2 Å². The highest BCUT2D eigenvalue weighted by Crippen LogP contribution is 2.09. The van der Waals surface area contributed by atoms with E-state index in [2.05, 4.69) is 20.3 Å². The van der Waals surface area contributed by atoms with Gasteiger partial charge in [-0.15, -0.1) is 0 Å². The summed E-state index contributed by atoms with van der Waals surface area (Å²) in [5.41, 5.74) is 0.940. The zero-order valence-corrected chi connectivity index (χ0v) is 7.49. The Morgan fingerprint density at radius 1 is 1.46 bits per heavy atom. The summed E-state index contributed by atoms with van der Waals surface area (Å²) >= 11 is 5.61. The maximum Gasteiger partial charge on any atom is 0.224 e. The molecule has 0 saturated heterocycles. The lowest BCUT2D eigenvalue weighted by Crippen LogP contribution is -2.00. The molecule has 0 saturated carbocycles. The maximum atomic E-state index is 5.61. The Morgan fingerprint density at radius 3 is 3.08 bits per heavy atom. The molecule has 1 aromatic heterocycles. The van der Waals surface area contributed by atoms with E-state index in [0.29, 0.717) is 5.82 Å². The lowest BCUT2D eigenvalue weighted by Gasteiger charge is -2.02. The molecule has 2 rings (SSSR count). The minimum Gasteiger partial charge on any atom is -0.339 e. The molecule has 0 aromatic carbocycles. The zero-order valence-electron chi connectivity index (χ0n) is 6.74. The second-order valence-electron chi connectivity index (χ2n) is 2.49. The summed E-state index contributed by atoms with van der Waals surface area (Å²) in [5, 5.41) is 3.29. The van der Waals surface area contributed by atoms with Gasteiger partial charge in [0.15, 0.2) is 0 Å². The molecule has 0 bridgehead atoms. The van der Waals surface area contributed by atoms with E-state index in [9.17, 15) is 0 Å². The van der Waals surface area contributed by atoms with Crippen LogP contribution in [-0.2, 0) is 0 Å². The third-order valence-corrected chi connectivity index (χ3v) is 1.73. The van der Waals surface area contributed by atoms with Crippen molar-refractivity contribution >= 4 is 23.6 Å². The number of rotatable bonds is 2. The van der Waals surface area contributed by atoms with Crippen molar-refractivity contribution in [3.63, 3.8) is 0 Å². The Hall–Kier alpha value is -1.42. The molecule has 1 aromatic rings. The third kappa shape index (κ3) is 2.03. The number of allylic oxidation sites excluding steroid dienone is 1. The second kappa shape index (κ2) is 3.53. The van der Waals surface area contributed by atoms with Crippen LogP contribution in [0, 0.1) is 0 Å². The lowest BCUT2D eigenvalue weighted by atomic mass is 10.4. The highest BCUT2D eigenvalue weighted by Gasteiger charge is 2.00. The van der Waals surface area contributed by atoms with Crippen LogP contribution >= 0.6 is 11.6 Å². The smallest absolute Gasteiger partial charge is 0.224 e. The van der Waals surface area contributed by atoms with Crippen LogP contribution in [0.5, 0.6) is 0 Å². The van der Waals surface area contributed by atoms with Crippen molar-refractivity contribution in [2.24, 2.45) is 4.99 Å². The van der Waals surface area contributed by atoms with Crippen LogP contribution in [0.25, 0.3) is 0 Å². The van der Waals surface area contributed by atoms with E-state index < -0.39 is 0 Å². The molecule has 2 heterocycles. The first kappa shape index (κ1) is 8.19. The maximum absolute atomic E-state index is 5.61. The summed E-state index contributed by atoms with van der Waals surface area (Å²) in [6.45, 7) is 0.723. The molecule has 13 heavy (non-hydrogen) atoms. The molecule has 0 spiro atoms. The summed E-state index contributed by atoms with van der Waals surface area (Å²) < 4.78 is 0. The molecule has 4 nitrogen and oxygen atoms in total. The molecule has 0 aliphatic carbocycles. The molecule has 0 unspecified atom stereocenters. The summed E-state index contributed by atoms with van der Waals surface area (Å²) in [6, 6.07) is 1.75. The number of nitrogens with zero attached hydrogens (tertiary/aromatic N) is 3. The molecular weight excluding hydrogens is 188 g/mol. The van der Waals surface area contributed by atoms with Crippen molar-refractivity contribution in [2.45, 2.75) is 0 Å². The van der Waals surface area contributed by atoms with Crippen LogP contribution in [-0.4, -0.2) is 22.7 Å². The minimum atomic E-state index is 0.237. The van der Waals surface area contributed by atoms with Gasteiger partial charge in [0.05, 0.1) is 12.2 Å². The number of halogens is 1. The Labute approximate surface area is 80.4 Å². The fourth-order valence-electron chi connectivity index (χ4n) is 0.991. The summed E-state index contributed by atoms with van der Waals surface area (Å²) in [4.78, 5) is 11.8. The van der Waals surface area contributed by atoms with Crippen molar-refractivity contribution < 1.29 is 0 Å². The van der Waals surface area contributed by atoms with Gasteiger partial charge < -0.3 is 5.32 Å². The van der Waals surface area contributed by atoms with Crippen LogP contribution in [0.15, 0.2) is 29.0 Å². The normalized spacial score (nSPS) is 14.4. The largest absolute Gasteiger partial charge is 0.339 e. The molecule has 5 heteroatoms. The fraction of sp³-hybridized carbons (Fsp3) is 0.125. The Morgan fingerprint density at radius 2 is 2.38 bits per heavy atom. The number of hydrogen-bond donors (Lipinski definition) is 1. The summed E-state index contributed by atoms with van der Waals surface area (Å²) in [7, 11) is 0. The van der Waals surface area contributed by atoms with Gasteiger partial charge >= 0.3 is 0 Å². The number of nitrogens with one attached hydrogen (secondary N) is 1. The average Bonchev–Trinajstić information content (AvgIpc) is 2.57. The van der Waals surface area contributed by atoms with E-state index >= 15 is 0 Å². The van der Waals surface area contributed by atoms with Crippen LogP contribution in [0.4, 0.5) is 5.82 Å². The van der Waals surface area contributed by atoms with Crippen molar-refractivity contribution in [3.8, 4) is 0 Å². The highest BCUT2D eigenvalue weighted by molar-refractivity contribution is 6.28. The van der Waals surface area contributed by atoms with Gasteiger partial charge in [-0.1, -0.05) is 0 Å². The van der Waals surface area contributed by atoms with Crippen LogP contribution < -0.4 is 5.32 Å². The standard InChI is InChI=1S/C8H7ClN4/c9-8-11-4-2-7(13-8)12-6-1-3-10-5-6/h1-2,4-5H,3H2,(H,11,12,13). The van der Waals surface area contributed by atoms with Crippen molar-refractivity contribution in [2.75, 3.05) is 11.9 Å². The van der Waals surface area contributed by atoms with E-state index in [1.165, 1.54) is 0 Å². The average molecular weight is 195 g/mol. The van der Waals surface area contributed by atoms with Gasteiger partial charge in [0.1, 0.15) is 5.82 Å². The molecule has 0 amide bonds. The van der Waals surface area contributed by atoms with E-state index in [4.69, 9.17) is 11.6 Å². The molecule has 66 valence electrons. The van der Waals surface area contributed by atoms with Crippen molar-refractivity contribution in [3.05, 3.63) is 29.3 Å². The number of anilines is 1. The minimum absolute atomic E-state index is 0.237. The van der Waals surface area contributed by atoms with E-state index in [1.807, 2.05) is 6.08 Å². The molecule has 0 fully saturated rings. The zero-order chi connectivity index (χ0) is 9.10. The van der Waals surface area contributed by atoms with Crippen LogP contribution in [0.2, 0.25) is 5.28 Å². The van der Waals surface area contributed by atoms with Crippen LogP contribution in [0.1, 0.15) is 0 Å². The predicted octanol–water partition coefficient (Wildman–Crippen LogP) is 1.51. The Kier molecular flexibility index (Phi) is 2.23. The number of aromatic nitrogens is 2. The Balaban J connectivity index is 2.13. The van der Waals surface area contributed by atoms with Gasteiger partial charge in [-0.2, -0.15) is 0 Å². The third-order valence-electron chi connectivity index (χ3n) is 1.55. The van der Waals surface area contributed by atoms with Gasteiger partial charge in [0, 0.05) is 12.4 Å². The van der Waals surface area contributed by atoms with Gasteiger partial charge in [-0.3, -0.25) is 4.99 Å². The van der Waals surface area contributed by atoms with Gasteiger partial charge in [-0.25, -0.2) is 9.97 Å². The predicted molar refractivity (Wildman–Crippen MR) is 52.1 cm³/mol. The highest BCUT2D eigenvalue weighted by atomic mass is 35.5. The van der Waals surface area contributed by atoms with Crippen molar-refractivity contribution in [1.82, 2.24) is 9.97 Å². The van der Waals surface area contributed by atoms with Crippen molar-refractivity contribution in [1.29, 1.82) is 0 Å². The molecule has 1 aliphatic rings. The fourth-order valence-corrected chi connectivity index (χ4v) is 1.14. The monoisotopic (exact) mass is 194 g/mol. The quantitative estimate of drug-likeness (QED) is 0.727. The first-order valence-corrected chi connectivity index (χ1v) is 4.18. The summed E-state index contributed by atoms with van der Waals surface area (Å²) in [6.07, 6.45) is 5.33. The Bertz CT molecular complexity index is 372. The molecular formula is C8H7ClN4. The molecule has 0 radical (unpaired) electrons. The van der Waals surface area contributed by atoms with E-state index in [-0.39, 0.29) is 5.28 Å². The van der Waals surface area contributed by atoms with Gasteiger partial charge in [0.25, 0.3) is 0 Å². The van der Waals surface area contributed by atoms with Gasteiger partial charge in [0.2, 0.25) is 5.28 Å².